The number of hydrogen-bond acceptors (Lipinski definition) is 2. The Morgan fingerprint density at radius 1 is 0.833 bits per heavy atom. The average molecular weight is 338 g/mol. The zero-order valence-corrected chi connectivity index (χ0v) is 13.9. The first-order valence-corrected chi connectivity index (χ1v) is 7.89. The highest BCUT2D eigenvalue weighted by Crippen LogP contribution is 2.22. The van der Waals surface area contributed by atoms with Crippen molar-refractivity contribution in [2.45, 2.75) is 6.92 Å². The van der Waals surface area contributed by atoms with Crippen LogP contribution in [-0.2, 0) is 0 Å². The van der Waals surface area contributed by atoms with Gasteiger partial charge in [0.2, 0.25) is 0 Å². The number of ether oxygens (including phenoxy) is 1. The van der Waals surface area contributed by atoms with Crippen LogP contribution in [0, 0.1) is 6.92 Å². The van der Waals surface area contributed by atoms with Gasteiger partial charge in [-0.3, -0.25) is 4.79 Å². The number of carbonyl (C=O) groups is 1. The van der Waals surface area contributed by atoms with Crippen molar-refractivity contribution >= 4 is 23.2 Å². The molecule has 0 spiro atoms. The van der Waals surface area contributed by atoms with Crippen molar-refractivity contribution in [1.82, 2.24) is 0 Å². The summed E-state index contributed by atoms with van der Waals surface area (Å²) >= 11 is 5.83. The van der Waals surface area contributed by atoms with Gasteiger partial charge in [0.1, 0.15) is 11.5 Å². The Morgan fingerprint density at radius 2 is 1.38 bits per heavy atom. The first-order chi connectivity index (χ1) is 11.6. The lowest BCUT2D eigenvalue weighted by molar-refractivity contribution is 0.102. The molecule has 120 valence electrons. The smallest absolute Gasteiger partial charge is 0.255 e. The summed E-state index contributed by atoms with van der Waals surface area (Å²) in [5.41, 5.74) is 2.43. The van der Waals surface area contributed by atoms with Gasteiger partial charge >= 0.3 is 0 Å². The van der Waals surface area contributed by atoms with Crippen LogP contribution in [0.1, 0.15) is 15.9 Å². The van der Waals surface area contributed by atoms with Crippen LogP contribution in [0.3, 0.4) is 0 Å². The van der Waals surface area contributed by atoms with Gasteiger partial charge in [0.05, 0.1) is 0 Å². The summed E-state index contributed by atoms with van der Waals surface area (Å²) in [5, 5.41) is 3.45. The van der Waals surface area contributed by atoms with Gasteiger partial charge in [-0.1, -0.05) is 29.3 Å². The number of anilines is 1. The highest BCUT2D eigenvalue weighted by atomic mass is 35.5. The fourth-order valence-electron chi connectivity index (χ4n) is 2.15. The van der Waals surface area contributed by atoms with E-state index in [0.29, 0.717) is 22.0 Å². The van der Waals surface area contributed by atoms with Crippen molar-refractivity contribution in [3.8, 4) is 11.5 Å². The lowest BCUT2D eigenvalue weighted by Gasteiger charge is -2.08. The number of hydrogen-bond donors (Lipinski definition) is 1. The summed E-state index contributed by atoms with van der Waals surface area (Å²) in [5.74, 6) is 1.26. The van der Waals surface area contributed by atoms with Gasteiger partial charge in [-0.05, 0) is 67.6 Å². The Hall–Kier alpha value is -2.78. The molecule has 0 radical (unpaired) electrons. The van der Waals surface area contributed by atoms with Crippen LogP contribution in [0.15, 0.2) is 72.8 Å². The second-order valence-corrected chi connectivity index (χ2v) is 5.84. The van der Waals surface area contributed by atoms with Gasteiger partial charge in [-0.2, -0.15) is 0 Å². The van der Waals surface area contributed by atoms with Crippen LogP contribution in [-0.4, -0.2) is 5.91 Å². The molecule has 3 aromatic carbocycles. The predicted molar refractivity (Wildman–Crippen MR) is 97.1 cm³/mol. The number of carbonyl (C=O) groups excluding carboxylic acids is 1. The van der Waals surface area contributed by atoms with Crippen molar-refractivity contribution in [1.29, 1.82) is 0 Å². The van der Waals surface area contributed by atoms with Crippen molar-refractivity contribution < 1.29 is 9.53 Å². The first kappa shape index (κ1) is 16.1. The SMILES string of the molecule is Cc1ccc(Oc2ccc(C(=O)Nc3ccc(Cl)cc3)cc2)cc1. The first-order valence-electron chi connectivity index (χ1n) is 7.52. The molecule has 0 bridgehead atoms. The van der Waals surface area contributed by atoms with E-state index in [1.54, 1.807) is 48.5 Å². The molecule has 0 fully saturated rings. The second-order valence-electron chi connectivity index (χ2n) is 5.40. The van der Waals surface area contributed by atoms with E-state index < -0.39 is 0 Å². The minimum atomic E-state index is -0.181. The molecule has 3 rings (SSSR count). The summed E-state index contributed by atoms with van der Waals surface area (Å²) < 4.78 is 5.75. The van der Waals surface area contributed by atoms with Crippen LogP contribution >= 0.6 is 11.6 Å². The van der Waals surface area contributed by atoms with E-state index in [0.717, 1.165) is 5.75 Å². The average Bonchev–Trinajstić information content (AvgIpc) is 2.59. The molecule has 24 heavy (non-hydrogen) atoms. The summed E-state index contributed by atoms with van der Waals surface area (Å²) in [6.45, 7) is 2.03. The lowest BCUT2D eigenvalue weighted by atomic mass is 10.2. The van der Waals surface area contributed by atoms with Crippen LogP contribution in [0.25, 0.3) is 0 Å². The highest BCUT2D eigenvalue weighted by molar-refractivity contribution is 6.30. The molecule has 0 aliphatic rings. The van der Waals surface area contributed by atoms with Gasteiger partial charge in [0, 0.05) is 16.3 Å². The second kappa shape index (κ2) is 7.20. The van der Waals surface area contributed by atoms with Crippen LogP contribution in [0.2, 0.25) is 5.02 Å². The molecule has 0 aliphatic heterocycles. The fourth-order valence-corrected chi connectivity index (χ4v) is 2.28. The van der Waals surface area contributed by atoms with Gasteiger partial charge in [0.15, 0.2) is 0 Å². The molecule has 3 aromatic rings. The molecule has 0 unspecified atom stereocenters. The van der Waals surface area contributed by atoms with Gasteiger partial charge < -0.3 is 10.1 Å². The van der Waals surface area contributed by atoms with E-state index in [-0.39, 0.29) is 5.91 Å². The molecular formula is C20H16ClNO2. The van der Waals surface area contributed by atoms with E-state index in [1.807, 2.05) is 31.2 Å². The molecule has 1 amide bonds. The molecule has 0 aromatic heterocycles. The minimum absolute atomic E-state index is 0.181. The number of nitrogens with one attached hydrogen (secondary N) is 1. The Morgan fingerprint density at radius 3 is 1.96 bits per heavy atom. The molecule has 3 nitrogen and oxygen atoms in total. The lowest BCUT2D eigenvalue weighted by Crippen LogP contribution is -2.11. The predicted octanol–water partition coefficient (Wildman–Crippen LogP) is 5.69. The Labute approximate surface area is 145 Å². The monoisotopic (exact) mass is 337 g/mol. The van der Waals surface area contributed by atoms with E-state index in [4.69, 9.17) is 16.3 Å². The van der Waals surface area contributed by atoms with E-state index >= 15 is 0 Å². The molecule has 0 atom stereocenters. The van der Waals surface area contributed by atoms with E-state index in [9.17, 15) is 4.79 Å². The Kier molecular flexibility index (Phi) is 4.82. The minimum Gasteiger partial charge on any atom is -0.457 e. The molecule has 1 N–H and O–H groups in total. The quantitative estimate of drug-likeness (QED) is 0.663. The van der Waals surface area contributed by atoms with Crippen molar-refractivity contribution in [2.24, 2.45) is 0 Å². The third kappa shape index (κ3) is 4.15. The zero-order valence-electron chi connectivity index (χ0n) is 13.1. The van der Waals surface area contributed by atoms with Crippen LogP contribution < -0.4 is 10.1 Å². The topological polar surface area (TPSA) is 38.3 Å². The van der Waals surface area contributed by atoms with Crippen LogP contribution in [0.4, 0.5) is 5.69 Å². The summed E-state index contributed by atoms with van der Waals surface area (Å²) in [6, 6.07) is 21.8. The number of halogens is 1. The fraction of sp³-hybridized carbons (Fsp3) is 0.0500. The number of amides is 1. The molecule has 4 heteroatoms. The van der Waals surface area contributed by atoms with E-state index in [2.05, 4.69) is 5.32 Å². The van der Waals surface area contributed by atoms with E-state index in [1.165, 1.54) is 5.56 Å². The summed E-state index contributed by atoms with van der Waals surface area (Å²) in [4.78, 5) is 12.2. The Bertz CT molecular complexity index is 825. The normalized spacial score (nSPS) is 10.2. The maximum atomic E-state index is 12.2. The third-order valence-corrected chi connectivity index (χ3v) is 3.73. The molecule has 0 heterocycles. The van der Waals surface area contributed by atoms with Gasteiger partial charge in [0.25, 0.3) is 5.91 Å². The standard InChI is InChI=1S/C20H16ClNO2/c1-14-2-10-18(11-3-14)24-19-12-4-15(5-13-19)20(23)22-17-8-6-16(21)7-9-17/h2-13H,1H3,(H,22,23). The molecule has 0 saturated heterocycles. The maximum Gasteiger partial charge on any atom is 0.255 e. The summed E-state index contributed by atoms with van der Waals surface area (Å²) in [7, 11) is 0. The highest BCUT2D eigenvalue weighted by Gasteiger charge is 2.06. The molecule has 0 saturated carbocycles. The van der Waals surface area contributed by atoms with Crippen molar-refractivity contribution in [2.75, 3.05) is 5.32 Å². The van der Waals surface area contributed by atoms with Crippen molar-refractivity contribution in [3.63, 3.8) is 0 Å². The largest absolute Gasteiger partial charge is 0.457 e. The number of benzene rings is 3. The molecular weight excluding hydrogens is 322 g/mol. The zero-order chi connectivity index (χ0) is 16.9. The Balaban J connectivity index is 1.66. The van der Waals surface area contributed by atoms with Crippen LogP contribution in [0.5, 0.6) is 11.5 Å². The van der Waals surface area contributed by atoms with Gasteiger partial charge in [-0.25, -0.2) is 0 Å². The molecule has 0 aliphatic carbocycles. The number of rotatable bonds is 4. The van der Waals surface area contributed by atoms with Gasteiger partial charge in [-0.15, -0.1) is 0 Å². The third-order valence-electron chi connectivity index (χ3n) is 3.48. The number of aryl methyl sites for hydroxylation is 1. The summed E-state index contributed by atoms with van der Waals surface area (Å²) in [6.07, 6.45) is 0. The maximum absolute atomic E-state index is 12.2. The van der Waals surface area contributed by atoms with Crippen molar-refractivity contribution in [3.05, 3.63) is 88.9 Å².